The Morgan fingerprint density at radius 1 is 1.33 bits per heavy atom. The van der Waals surface area contributed by atoms with Gasteiger partial charge in [-0.3, -0.25) is 4.79 Å². The summed E-state index contributed by atoms with van der Waals surface area (Å²) < 4.78 is 0.789. The van der Waals surface area contributed by atoms with Crippen LogP contribution in [-0.4, -0.2) is 5.91 Å². The van der Waals surface area contributed by atoms with Crippen molar-refractivity contribution in [3.05, 3.63) is 62.6 Å². The van der Waals surface area contributed by atoms with E-state index in [4.69, 9.17) is 16.9 Å². The highest BCUT2D eigenvalue weighted by atomic mass is 79.9. The van der Waals surface area contributed by atoms with E-state index < -0.39 is 0 Å². The molecule has 1 amide bonds. The number of halogens is 2. The van der Waals surface area contributed by atoms with Crippen molar-refractivity contribution in [1.29, 1.82) is 5.26 Å². The standard InChI is InChI=1S/C16H12BrClN2O/c1-10-6-13(17)15(8-14(10)18)20-16(21)7-11-2-4-12(9-19)5-3-11/h2-6,8H,7H2,1H3,(H,20,21). The highest BCUT2D eigenvalue weighted by molar-refractivity contribution is 9.10. The number of aryl methyl sites for hydroxylation is 1. The van der Waals surface area contributed by atoms with Crippen molar-refractivity contribution in [2.24, 2.45) is 0 Å². The molecule has 0 aliphatic carbocycles. The smallest absolute Gasteiger partial charge is 0.228 e. The first kappa shape index (κ1) is 15.6. The second-order valence-electron chi connectivity index (χ2n) is 4.61. The third-order valence-electron chi connectivity index (χ3n) is 2.97. The Kier molecular flexibility index (Phi) is 5.00. The largest absolute Gasteiger partial charge is 0.325 e. The van der Waals surface area contributed by atoms with Gasteiger partial charge < -0.3 is 5.32 Å². The quantitative estimate of drug-likeness (QED) is 0.875. The molecule has 0 fully saturated rings. The number of hydrogen-bond donors (Lipinski definition) is 1. The van der Waals surface area contributed by atoms with Crippen LogP contribution in [0.5, 0.6) is 0 Å². The summed E-state index contributed by atoms with van der Waals surface area (Å²) in [5.74, 6) is -0.139. The number of amides is 1. The van der Waals surface area contributed by atoms with Crippen molar-refractivity contribution in [2.45, 2.75) is 13.3 Å². The van der Waals surface area contributed by atoms with E-state index in [2.05, 4.69) is 21.2 Å². The molecule has 2 rings (SSSR count). The molecule has 0 saturated carbocycles. The molecule has 0 heterocycles. The van der Waals surface area contributed by atoms with E-state index in [1.54, 1.807) is 30.3 Å². The Morgan fingerprint density at radius 2 is 2.00 bits per heavy atom. The molecule has 106 valence electrons. The fraction of sp³-hybridized carbons (Fsp3) is 0.125. The molecule has 2 aromatic carbocycles. The molecule has 5 heteroatoms. The molecule has 0 unspecified atom stereocenters. The fourth-order valence-corrected chi connectivity index (χ4v) is 2.54. The van der Waals surface area contributed by atoms with Gasteiger partial charge in [0.2, 0.25) is 5.91 Å². The second-order valence-corrected chi connectivity index (χ2v) is 5.88. The number of hydrogen-bond acceptors (Lipinski definition) is 2. The summed E-state index contributed by atoms with van der Waals surface area (Å²) in [5, 5.41) is 12.2. The van der Waals surface area contributed by atoms with Crippen molar-refractivity contribution in [2.75, 3.05) is 5.32 Å². The molecule has 0 aliphatic heterocycles. The van der Waals surface area contributed by atoms with Crippen LogP contribution < -0.4 is 5.32 Å². The van der Waals surface area contributed by atoms with Gasteiger partial charge in [0, 0.05) is 9.50 Å². The Balaban J connectivity index is 2.08. The van der Waals surface area contributed by atoms with Gasteiger partial charge in [-0.2, -0.15) is 5.26 Å². The van der Waals surface area contributed by atoms with Gasteiger partial charge in [0.05, 0.1) is 23.7 Å². The van der Waals surface area contributed by atoms with Crippen LogP contribution in [0.3, 0.4) is 0 Å². The lowest BCUT2D eigenvalue weighted by Gasteiger charge is -2.09. The molecule has 0 bridgehead atoms. The Hall–Kier alpha value is -1.83. The number of rotatable bonds is 3. The fourth-order valence-electron chi connectivity index (χ4n) is 1.82. The SMILES string of the molecule is Cc1cc(Br)c(NC(=O)Cc2ccc(C#N)cc2)cc1Cl. The van der Waals surface area contributed by atoms with E-state index in [-0.39, 0.29) is 12.3 Å². The zero-order valence-corrected chi connectivity index (χ0v) is 13.6. The predicted molar refractivity (Wildman–Crippen MR) is 87.4 cm³/mol. The number of benzene rings is 2. The summed E-state index contributed by atoms with van der Waals surface area (Å²) in [7, 11) is 0. The molecule has 2 aromatic rings. The lowest BCUT2D eigenvalue weighted by atomic mass is 10.1. The molecule has 0 saturated heterocycles. The number of anilines is 1. The Morgan fingerprint density at radius 3 is 2.62 bits per heavy atom. The maximum absolute atomic E-state index is 12.0. The van der Waals surface area contributed by atoms with Gasteiger partial charge in [0.1, 0.15) is 0 Å². The molecule has 0 spiro atoms. The van der Waals surface area contributed by atoms with Crippen LogP contribution >= 0.6 is 27.5 Å². The maximum Gasteiger partial charge on any atom is 0.228 e. The van der Waals surface area contributed by atoms with E-state index in [1.165, 1.54) is 0 Å². The van der Waals surface area contributed by atoms with E-state index in [0.717, 1.165) is 15.6 Å². The average Bonchev–Trinajstić information content (AvgIpc) is 2.45. The zero-order valence-electron chi connectivity index (χ0n) is 11.3. The van der Waals surface area contributed by atoms with Crippen LogP contribution in [0, 0.1) is 18.3 Å². The van der Waals surface area contributed by atoms with Crippen LogP contribution in [0.2, 0.25) is 5.02 Å². The van der Waals surface area contributed by atoms with Gasteiger partial charge in [-0.15, -0.1) is 0 Å². The van der Waals surface area contributed by atoms with Crippen molar-refractivity contribution < 1.29 is 4.79 Å². The first-order valence-electron chi connectivity index (χ1n) is 6.24. The molecule has 3 nitrogen and oxygen atoms in total. The highest BCUT2D eigenvalue weighted by Gasteiger charge is 2.09. The highest BCUT2D eigenvalue weighted by Crippen LogP contribution is 2.29. The van der Waals surface area contributed by atoms with Gasteiger partial charge in [-0.05, 0) is 58.2 Å². The first-order chi connectivity index (χ1) is 9.99. The average molecular weight is 364 g/mol. The Bertz CT molecular complexity index is 720. The van der Waals surface area contributed by atoms with Crippen LogP contribution in [0.4, 0.5) is 5.69 Å². The molecule has 21 heavy (non-hydrogen) atoms. The Labute approximate surface area is 136 Å². The van der Waals surface area contributed by atoms with E-state index in [9.17, 15) is 4.79 Å². The summed E-state index contributed by atoms with van der Waals surface area (Å²) >= 11 is 9.46. The molecule has 0 radical (unpaired) electrons. The van der Waals surface area contributed by atoms with Gasteiger partial charge >= 0.3 is 0 Å². The number of nitrogens with one attached hydrogen (secondary N) is 1. The van der Waals surface area contributed by atoms with Gasteiger partial charge in [0.15, 0.2) is 0 Å². The van der Waals surface area contributed by atoms with Crippen LogP contribution in [0.25, 0.3) is 0 Å². The van der Waals surface area contributed by atoms with Crippen molar-refractivity contribution in [3.8, 4) is 6.07 Å². The van der Waals surface area contributed by atoms with Gasteiger partial charge in [0.25, 0.3) is 0 Å². The lowest BCUT2D eigenvalue weighted by molar-refractivity contribution is -0.115. The molecule has 0 aromatic heterocycles. The molecule has 0 aliphatic rings. The van der Waals surface area contributed by atoms with E-state index in [1.807, 2.05) is 19.1 Å². The summed E-state index contributed by atoms with van der Waals surface area (Å²) in [6, 6.07) is 12.6. The van der Waals surface area contributed by atoms with Crippen molar-refractivity contribution in [1.82, 2.24) is 0 Å². The molecule has 0 atom stereocenters. The minimum absolute atomic E-state index is 0.139. The number of nitriles is 1. The maximum atomic E-state index is 12.0. The normalized spacial score (nSPS) is 10.0. The van der Waals surface area contributed by atoms with E-state index >= 15 is 0 Å². The minimum Gasteiger partial charge on any atom is -0.325 e. The summed E-state index contributed by atoms with van der Waals surface area (Å²) in [4.78, 5) is 12.0. The summed E-state index contributed by atoms with van der Waals surface area (Å²) in [5.41, 5.74) is 3.01. The van der Waals surface area contributed by atoms with Crippen molar-refractivity contribution in [3.63, 3.8) is 0 Å². The van der Waals surface area contributed by atoms with Crippen molar-refractivity contribution >= 4 is 39.1 Å². The van der Waals surface area contributed by atoms with Crippen LogP contribution in [-0.2, 0) is 11.2 Å². The minimum atomic E-state index is -0.139. The molecular weight excluding hydrogens is 352 g/mol. The monoisotopic (exact) mass is 362 g/mol. The van der Waals surface area contributed by atoms with Crippen LogP contribution in [0.15, 0.2) is 40.9 Å². The topological polar surface area (TPSA) is 52.9 Å². The van der Waals surface area contributed by atoms with Crippen LogP contribution in [0.1, 0.15) is 16.7 Å². The van der Waals surface area contributed by atoms with Gasteiger partial charge in [-0.1, -0.05) is 23.7 Å². The summed E-state index contributed by atoms with van der Waals surface area (Å²) in [6.45, 7) is 1.90. The number of carbonyl (C=O) groups is 1. The molecule has 1 N–H and O–H groups in total. The molecular formula is C16H12BrClN2O. The third kappa shape index (κ3) is 4.07. The summed E-state index contributed by atoms with van der Waals surface area (Å²) in [6.07, 6.45) is 0.240. The zero-order chi connectivity index (χ0) is 15.4. The van der Waals surface area contributed by atoms with E-state index in [0.29, 0.717) is 16.3 Å². The lowest BCUT2D eigenvalue weighted by Crippen LogP contribution is -2.14. The third-order valence-corrected chi connectivity index (χ3v) is 4.03. The first-order valence-corrected chi connectivity index (χ1v) is 7.41. The predicted octanol–water partition coefficient (Wildman–Crippen LogP) is 4.46. The van der Waals surface area contributed by atoms with Gasteiger partial charge in [-0.25, -0.2) is 0 Å². The number of carbonyl (C=O) groups excluding carboxylic acids is 1. The number of nitrogens with zero attached hydrogens (tertiary/aromatic N) is 1. The second kappa shape index (κ2) is 6.75.